The van der Waals surface area contributed by atoms with E-state index in [-0.39, 0.29) is 10.5 Å². The largest absolute Gasteiger partial charge is 0.452 e. The minimum Gasteiger partial charge on any atom is -0.452 e. The van der Waals surface area contributed by atoms with Gasteiger partial charge in [-0.2, -0.15) is 0 Å². The van der Waals surface area contributed by atoms with Crippen molar-refractivity contribution in [1.29, 1.82) is 0 Å². The van der Waals surface area contributed by atoms with Crippen molar-refractivity contribution in [3.8, 4) is 0 Å². The quantitative estimate of drug-likeness (QED) is 0.457. The van der Waals surface area contributed by atoms with E-state index >= 15 is 0 Å². The first-order chi connectivity index (χ1) is 16.3. The number of carbonyl (C=O) groups excluding carboxylic acids is 2. The molecule has 34 heavy (non-hydrogen) atoms. The Morgan fingerprint density at radius 3 is 2.12 bits per heavy atom. The Morgan fingerprint density at radius 2 is 1.50 bits per heavy atom. The van der Waals surface area contributed by atoms with Gasteiger partial charge >= 0.3 is 5.97 Å². The number of benzene rings is 3. The van der Waals surface area contributed by atoms with E-state index in [0.717, 1.165) is 34.0 Å². The number of hydrogen-bond donors (Lipinski definition) is 1. The van der Waals surface area contributed by atoms with E-state index in [1.54, 1.807) is 30.3 Å². The van der Waals surface area contributed by atoms with Gasteiger partial charge in [0, 0.05) is 12.7 Å². The Morgan fingerprint density at radius 1 is 0.882 bits per heavy atom. The highest BCUT2D eigenvalue weighted by Crippen LogP contribution is 2.24. The third-order valence-corrected chi connectivity index (χ3v) is 7.23. The van der Waals surface area contributed by atoms with Gasteiger partial charge in [-0.25, -0.2) is 13.2 Å². The molecule has 0 radical (unpaired) electrons. The van der Waals surface area contributed by atoms with Crippen molar-refractivity contribution in [3.05, 3.63) is 89.5 Å². The van der Waals surface area contributed by atoms with Crippen LogP contribution in [0.2, 0.25) is 0 Å². The van der Waals surface area contributed by atoms with Gasteiger partial charge in [0.15, 0.2) is 6.61 Å². The van der Waals surface area contributed by atoms with Crippen LogP contribution in [0.15, 0.2) is 77.7 Å². The number of rotatable bonds is 9. The predicted octanol–water partition coefficient (Wildman–Crippen LogP) is 4.43. The summed E-state index contributed by atoms with van der Waals surface area (Å²) < 4.78 is 32.3. The lowest BCUT2D eigenvalue weighted by Crippen LogP contribution is -2.27. The number of nitrogens with one attached hydrogen (secondary N) is 1. The maximum atomic E-state index is 13.0. The van der Waals surface area contributed by atoms with Crippen LogP contribution in [0.4, 0.5) is 11.4 Å². The lowest BCUT2D eigenvalue weighted by atomic mass is 10.0. The summed E-state index contributed by atoms with van der Waals surface area (Å²) in [5.74, 6) is -1.24. The topological polar surface area (TPSA) is 92.8 Å². The summed E-state index contributed by atoms with van der Waals surface area (Å²) >= 11 is 0. The van der Waals surface area contributed by atoms with E-state index in [4.69, 9.17) is 4.74 Å². The maximum Gasteiger partial charge on any atom is 0.338 e. The smallest absolute Gasteiger partial charge is 0.338 e. The second-order valence-electron chi connectivity index (χ2n) is 7.62. The Hall–Kier alpha value is -3.65. The fourth-order valence-electron chi connectivity index (χ4n) is 3.51. The van der Waals surface area contributed by atoms with Crippen molar-refractivity contribution in [2.45, 2.75) is 31.6 Å². The van der Waals surface area contributed by atoms with Gasteiger partial charge in [-0.15, -0.1) is 0 Å². The Labute approximate surface area is 200 Å². The monoisotopic (exact) mass is 480 g/mol. The summed E-state index contributed by atoms with van der Waals surface area (Å²) in [6, 6.07) is 20.0. The molecule has 0 atom stereocenters. The molecule has 8 heteroatoms. The van der Waals surface area contributed by atoms with E-state index in [9.17, 15) is 18.0 Å². The van der Waals surface area contributed by atoms with Crippen LogP contribution < -0.4 is 9.62 Å². The molecule has 7 nitrogen and oxygen atoms in total. The molecule has 3 rings (SSSR count). The van der Waals surface area contributed by atoms with Crippen LogP contribution >= 0.6 is 0 Å². The number of amides is 1. The average molecular weight is 481 g/mol. The predicted molar refractivity (Wildman–Crippen MR) is 133 cm³/mol. The van der Waals surface area contributed by atoms with Crippen LogP contribution in [0.25, 0.3) is 0 Å². The molecule has 0 unspecified atom stereocenters. The van der Waals surface area contributed by atoms with Gasteiger partial charge in [0.05, 0.1) is 16.1 Å². The molecule has 178 valence electrons. The maximum absolute atomic E-state index is 13.0. The highest BCUT2D eigenvalue weighted by atomic mass is 32.2. The number of nitrogens with zero attached hydrogens (tertiary/aromatic N) is 1. The zero-order valence-corrected chi connectivity index (χ0v) is 20.3. The number of hydrogen-bond acceptors (Lipinski definition) is 5. The molecule has 0 aliphatic carbocycles. The van der Waals surface area contributed by atoms with E-state index in [1.165, 1.54) is 31.3 Å². The molecule has 3 aromatic rings. The van der Waals surface area contributed by atoms with Gasteiger partial charge in [-0.3, -0.25) is 9.10 Å². The number of sulfonamides is 1. The van der Waals surface area contributed by atoms with Gasteiger partial charge < -0.3 is 10.1 Å². The van der Waals surface area contributed by atoms with Crippen LogP contribution in [0.1, 0.15) is 35.3 Å². The third kappa shape index (κ3) is 5.63. The third-order valence-electron chi connectivity index (χ3n) is 5.45. The minimum absolute atomic E-state index is 0.0403. The number of aryl methyl sites for hydroxylation is 2. The van der Waals surface area contributed by atoms with Crippen LogP contribution in [0.3, 0.4) is 0 Å². The Bertz CT molecular complexity index is 1250. The molecule has 1 N–H and O–H groups in total. The summed E-state index contributed by atoms with van der Waals surface area (Å²) in [4.78, 5) is 25.0. The van der Waals surface area contributed by atoms with Crippen molar-refractivity contribution in [1.82, 2.24) is 0 Å². The molecule has 3 aromatic carbocycles. The van der Waals surface area contributed by atoms with Crippen molar-refractivity contribution < 1.29 is 22.7 Å². The molecular weight excluding hydrogens is 452 g/mol. The molecule has 0 aliphatic rings. The van der Waals surface area contributed by atoms with Crippen LogP contribution in [-0.4, -0.2) is 33.9 Å². The molecule has 0 fully saturated rings. The molecule has 0 heterocycles. The van der Waals surface area contributed by atoms with E-state index < -0.39 is 28.5 Å². The van der Waals surface area contributed by atoms with E-state index in [0.29, 0.717) is 5.69 Å². The molecule has 1 amide bonds. The number of para-hydroxylation sites is 2. The van der Waals surface area contributed by atoms with Crippen molar-refractivity contribution in [2.75, 3.05) is 23.3 Å². The number of esters is 1. The minimum atomic E-state index is -3.89. The zero-order chi connectivity index (χ0) is 24.7. The summed E-state index contributed by atoms with van der Waals surface area (Å²) in [6.45, 7) is 3.52. The molecule has 0 aliphatic heterocycles. The summed E-state index contributed by atoms with van der Waals surface area (Å²) in [6.07, 6.45) is 1.50. The second-order valence-corrected chi connectivity index (χ2v) is 9.59. The first-order valence-electron chi connectivity index (χ1n) is 11.0. The van der Waals surface area contributed by atoms with Crippen molar-refractivity contribution in [3.63, 3.8) is 0 Å². The first-order valence-corrected chi connectivity index (χ1v) is 12.4. The van der Waals surface area contributed by atoms with Gasteiger partial charge in [-0.1, -0.05) is 56.3 Å². The molecule has 0 bridgehead atoms. The summed E-state index contributed by atoms with van der Waals surface area (Å²) in [7, 11) is -2.45. The van der Waals surface area contributed by atoms with Gasteiger partial charge in [0.25, 0.3) is 15.9 Å². The van der Waals surface area contributed by atoms with Crippen molar-refractivity contribution in [2.24, 2.45) is 0 Å². The fraction of sp³-hybridized carbons (Fsp3) is 0.231. The zero-order valence-electron chi connectivity index (χ0n) is 19.4. The Balaban J connectivity index is 1.70. The van der Waals surface area contributed by atoms with Crippen molar-refractivity contribution >= 4 is 33.3 Å². The van der Waals surface area contributed by atoms with Crippen LogP contribution in [-0.2, 0) is 32.4 Å². The summed E-state index contributed by atoms with van der Waals surface area (Å²) in [5, 5.41) is 2.84. The second kappa shape index (κ2) is 11.0. The highest BCUT2D eigenvalue weighted by molar-refractivity contribution is 7.92. The fourth-order valence-corrected chi connectivity index (χ4v) is 4.75. The number of ether oxygens (including phenoxy) is 1. The number of anilines is 2. The lowest BCUT2D eigenvalue weighted by Gasteiger charge is -2.19. The molecule has 0 spiro atoms. The van der Waals surface area contributed by atoms with Gasteiger partial charge in [0.1, 0.15) is 0 Å². The Kier molecular flexibility index (Phi) is 8.07. The standard InChI is InChI=1S/C26H28N2O5S/c1-4-19-11-9-12-20(5-2)25(19)27-24(29)18-33-26(30)21-13-10-16-23(17-21)34(31,32)28(3)22-14-7-6-8-15-22/h6-17H,4-5,18H2,1-3H3,(H,27,29). The SMILES string of the molecule is CCc1cccc(CC)c1NC(=O)COC(=O)c1cccc(S(=O)(=O)N(C)c2ccccc2)c1. The number of carbonyl (C=O) groups is 2. The van der Waals surface area contributed by atoms with E-state index in [2.05, 4.69) is 5.32 Å². The normalized spacial score (nSPS) is 11.0. The highest BCUT2D eigenvalue weighted by Gasteiger charge is 2.23. The van der Waals surface area contributed by atoms with Gasteiger partial charge in [0.2, 0.25) is 0 Å². The average Bonchev–Trinajstić information content (AvgIpc) is 2.87. The summed E-state index contributed by atoms with van der Waals surface area (Å²) in [5.41, 5.74) is 3.27. The van der Waals surface area contributed by atoms with E-state index in [1.807, 2.05) is 32.0 Å². The van der Waals surface area contributed by atoms with Crippen LogP contribution in [0.5, 0.6) is 0 Å². The van der Waals surface area contributed by atoms with Crippen LogP contribution in [0, 0.1) is 0 Å². The molecular formula is C26H28N2O5S. The lowest BCUT2D eigenvalue weighted by molar-refractivity contribution is -0.119. The molecule has 0 saturated carbocycles. The first kappa shape index (κ1) is 25.0. The molecule has 0 aromatic heterocycles. The molecule has 0 saturated heterocycles. The van der Waals surface area contributed by atoms with Gasteiger partial charge in [-0.05, 0) is 54.3 Å².